The lowest BCUT2D eigenvalue weighted by Gasteiger charge is -2.18. The summed E-state index contributed by atoms with van der Waals surface area (Å²) in [6, 6.07) is 10.5. The first-order valence-corrected chi connectivity index (χ1v) is 10.0. The minimum atomic E-state index is -0.330. The normalized spacial score (nSPS) is 13.7. The van der Waals surface area contributed by atoms with Crippen molar-refractivity contribution >= 4 is 33.2 Å². The zero-order chi connectivity index (χ0) is 19.7. The van der Waals surface area contributed by atoms with Gasteiger partial charge in [-0.2, -0.15) is 4.99 Å². The average molecular weight is 396 g/mol. The van der Waals surface area contributed by atoms with Gasteiger partial charge in [-0.1, -0.05) is 30.4 Å². The Morgan fingerprint density at radius 3 is 2.36 bits per heavy atom. The molecule has 0 saturated carbocycles. The molecule has 144 valence electrons. The van der Waals surface area contributed by atoms with Gasteiger partial charge in [-0.3, -0.25) is 9.59 Å². The Hall–Kier alpha value is -2.93. The number of fused-ring (bicyclic) bond motifs is 2. The van der Waals surface area contributed by atoms with Gasteiger partial charge in [-0.25, -0.2) is 0 Å². The Labute approximate surface area is 166 Å². The topological polar surface area (TPSA) is 69.9 Å². The number of rotatable bonds is 4. The highest BCUT2D eigenvalue weighted by molar-refractivity contribution is 7.16. The maximum atomic E-state index is 12.7. The second-order valence-corrected chi connectivity index (χ2v) is 7.56. The lowest BCUT2D eigenvalue weighted by molar-refractivity contribution is 0.0991. The average Bonchev–Trinajstić information content (AvgIpc) is 3.02. The fourth-order valence-corrected chi connectivity index (χ4v) is 4.20. The van der Waals surface area contributed by atoms with Crippen LogP contribution in [0.4, 0.5) is 0 Å². The van der Waals surface area contributed by atoms with Crippen molar-refractivity contribution in [1.82, 2.24) is 4.57 Å². The number of ether oxygens (including phenoxy) is 2. The van der Waals surface area contributed by atoms with Gasteiger partial charge >= 0.3 is 0 Å². The van der Waals surface area contributed by atoms with Gasteiger partial charge in [0.2, 0.25) is 0 Å². The van der Waals surface area contributed by atoms with Crippen LogP contribution in [0.1, 0.15) is 41.0 Å². The summed E-state index contributed by atoms with van der Waals surface area (Å²) in [6.07, 6.45) is 0.912. The van der Waals surface area contributed by atoms with Crippen LogP contribution in [0.3, 0.4) is 0 Å². The van der Waals surface area contributed by atoms with E-state index in [1.807, 2.05) is 16.7 Å². The van der Waals surface area contributed by atoms with Gasteiger partial charge in [0.1, 0.15) is 13.2 Å². The zero-order valence-electron chi connectivity index (χ0n) is 15.7. The highest BCUT2D eigenvalue weighted by Crippen LogP contribution is 2.35. The van der Waals surface area contributed by atoms with Crippen molar-refractivity contribution in [1.29, 1.82) is 0 Å². The van der Waals surface area contributed by atoms with Gasteiger partial charge in [0.05, 0.1) is 10.2 Å². The van der Waals surface area contributed by atoms with Crippen molar-refractivity contribution in [3.05, 3.63) is 52.3 Å². The summed E-state index contributed by atoms with van der Waals surface area (Å²) in [6.45, 7) is 5.39. The smallest absolute Gasteiger partial charge is 0.279 e. The number of thiazole rings is 1. The Morgan fingerprint density at radius 1 is 1.07 bits per heavy atom. The molecule has 1 aliphatic heterocycles. The summed E-state index contributed by atoms with van der Waals surface area (Å²) in [4.78, 5) is 29.1. The second kappa shape index (κ2) is 7.59. The second-order valence-electron chi connectivity index (χ2n) is 6.55. The molecule has 0 unspecified atom stereocenters. The van der Waals surface area contributed by atoms with Gasteiger partial charge in [0.25, 0.3) is 5.91 Å². The minimum Gasteiger partial charge on any atom is -0.486 e. The Kier molecular flexibility index (Phi) is 5.00. The molecule has 1 aliphatic rings. The van der Waals surface area contributed by atoms with Crippen LogP contribution in [0.5, 0.6) is 11.5 Å². The molecule has 0 saturated heterocycles. The molecule has 1 amide bonds. The van der Waals surface area contributed by atoms with Crippen LogP contribution in [0.2, 0.25) is 0 Å². The third kappa shape index (κ3) is 3.45. The van der Waals surface area contributed by atoms with E-state index in [-0.39, 0.29) is 11.7 Å². The van der Waals surface area contributed by atoms with Crippen molar-refractivity contribution in [2.45, 2.75) is 26.8 Å². The fraction of sp³-hybridized carbons (Fsp3) is 0.286. The molecule has 0 radical (unpaired) electrons. The Bertz CT molecular complexity index is 1130. The molecule has 0 spiro atoms. The van der Waals surface area contributed by atoms with Crippen LogP contribution in [0.25, 0.3) is 10.2 Å². The number of hydrogen-bond acceptors (Lipinski definition) is 5. The van der Waals surface area contributed by atoms with Crippen molar-refractivity contribution in [2.24, 2.45) is 4.99 Å². The molecule has 0 aliphatic carbocycles. The summed E-state index contributed by atoms with van der Waals surface area (Å²) in [7, 11) is 0. The highest BCUT2D eigenvalue weighted by atomic mass is 32.1. The lowest BCUT2D eigenvalue weighted by Crippen LogP contribution is -2.17. The van der Waals surface area contributed by atoms with E-state index in [1.165, 1.54) is 18.3 Å². The van der Waals surface area contributed by atoms with Gasteiger partial charge in [-0.05, 0) is 25.5 Å². The molecule has 0 bridgehead atoms. The third-order valence-electron chi connectivity index (χ3n) is 4.53. The van der Waals surface area contributed by atoms with Crippen molar-refractivity contribution < 1.29 is 19.1 Å². The van der Waals surface area contributed by atoms with Gasteiger partial charge < -0.3 is 14.0 Å². The van der Waals surface area contributed by atoms with E-state index in [0.717, 1.165) is 34.7 Å². The van der Waals surface area contributed by atoms with Crippen molar-refractivity contribution in [3.63, 3.8) is 0 Å². The number of ketones is 1. The molecular weight excluding hydrogens is 376 g/mol. The number of hydrogen-bond donors (Lipinski definition) is 0. The van der Waals surface area contributed by atoms with Crippen LogP contribution in [0.15, 0.2) is 41.4 Å². The molecule has 4 rings (SSSR count). The molecule has 1 aromatic heterocycles. The largest absolute Gasteiger partial charge is 0.486 e. The highest BCUT2D eigenvalue weighted by Gasteiger charge is 2.17. The molecule has 28 heavy (non-hydrogen) atoms. The van der Waals surface area contributed by atoms with Crippen LogP contribution in [-0.4, -0.2) is 29.5 Å². The van der Waals surface area contributed by atoms with Crippen molar-refractivity contribution in [2.75, 3.05) is 13.2 Å². The maximum Gasteiger partial charge on any atom is 0.279 e. The number of Topliss-reactive ketones (excluding diaryl/α,β-unsaturated/α-hetero) is 1. The number of carbonyl (C=O) groups is 2. The number of benzene rings is 2. The van der Waals surface area contributed by atoms with E-state index >= 15 is 0 Å². The standard InChI is InChI=1S/C21H20N2O4S/c1-3-8-23-16-11-17-18(27-10-9-26-17)12-19(16)28-21(23)22-20(25)15-6-4-14(5-7-15)13(2)24/h4-7,11-12H,3,8-10H2,1-2H3. The van der Waals surface area contributed by atoms with E-state index in [4.69, 9.17) is 9.47 Å². The molecule has 0 fully saturated rings. The predicted molar refractivity (Wildman–Crippen MR) is 107 cm³/mol. The molecule has 0 atom stereocenters. The number of aryl methyl sites for hydroxylation is 1. The molecule has 3 aromatic rings. The number of carbonyl (C=O) groups excluding carboxylic acids is 2. The fourth-order valence-electron chi connectivity index (χ4n) is 3.13. The molecule has 2 heterocycles. The summed E-state index contributed by atoms with van der Waals surface area (Å²) in [5, 5.41) is 0. The summed E-state index contributed by atoms with van der Waals surface area (Å²) < 4.78 is 14.4. The van der Waals surface area contributed by atoms with Crippen molar-refractivity contribution in [3.8, 4) is 11.5 Å². The SMILES string of the molecule is CCCn1c(=NC(=O)c2ccc(C(C)=O)cc2)sc2cc3c(cc21)OCCO3. The van der Waals surface area contributed by atoms with E-state index < -0.39 is 0 Å². The summed E-state index contributed by atoms with van der Waals surface area (Å²) in [5.74, 6) is 1.08. The molecular formula is C21H20N2O4S. The van der Waals surface area contributed by atoms with E-state index in [0.29, 0.717) is 29.1 Å². The van der Waals surface area contributed by atoms with E-state index in [9.17, 15) is 9.59 Å². The Balaban J connectivity index is 1.78. The molecule has 7 heteroatoms. The minimum absolute atomic E-state index is 0.0327. The molecule has 0 N–H and O–H groups in total. The monoisotopic (exact) mass is 396 g/mol. The van der Waals surface area contributed by atoms with Crippen LogP contribution in [-0.2, 0) is 6.54 Å². The van der Waals surface area contributed by atoms with Gasteiger partial charge in [0, 0.05) is 29.8 Å². The maximum absolute atomic E-state index is 12.7. The summed E-state index contributed by atoms with van der Waals surface area (Å²) >= 11 is 1.45. The summed E-state index contributed by atoms with van der Waals surface area (Å²) in [5.41, 5.74) is 2.01. The van der Waals surface area contributed by atoms with Crippen LogP contribution >= 0.6 is 11.3 Å². The number of aromatic nitrogens is 1. The third-order valence-corrected chi connectivity index (χ3v) is 5.57. The van der Waals surface area contributed by atoms with Gasteiger partial charge in [0.15, 0.2) is 22.1 Å². The first-order chi connectivity index (χ1) is 13.6. The zero-order valence-corrected chi connectivity index (χ0v) is 16.5. The van der Waals surface area contributed by atoms with Gasteiger partial charge in [-0.15, -0.1) is 0 Å². The van der Waals surface area contributed by atoms with E-state index in [2.05, 4.69) is 11.9 Å². The molecule has 6 nitrogen and oxygen atoms in total. The Morgan fingerprint density at radius 2 is 1.71 bits per heavy atom. The predicted octanol–water partition coefficient (Wildman–Crippen LogP) is 3.83. The van der Waals surface area contributed by atoms with Crippen LogP contribution in [0, 0.1) is 0 Å². The first-order valence-electron chi connectivity index (χ1n) is 9.20. The number of amides is 1. The molecule has 2 aromatic carbocycles. The van der Waals surface area contributed by atoms with E-state index in [1.54, 1.807) is 24.3 Å². The first kappa shape index (κ1) is 18.4. The lowest BCUT2D eigenvalue weighted by atomic mass is 10.1. The van der Waals surface area contributed by atoms with Crippen LogP contribution < -0.4 is 14.3 Å². The quantitative estimate of drug-likeness (QED) is 0.629. The number of nitrogens with zero attached hydrogens (tertiary/aromatic N) is 2.